The van der Waals surface area contributed by atoms with Gasteiger partial charge in [0.05, 0.1) is 17.7 Å². The second kappa shape index (κ2) is 7.90. The van der Waals surface area contributed by atoms with E-state index in [1.165, 1.54) is 12.1 Å². The molecule has 0 aliphatic rings. The molecular formula is C16H13N6O2P. The number of anilines is 1. The van der Waals surface area contributed by atoms with Crippen LogP contribution in [0.1, 0.15) is 5.56 Å². The summed E-state index contributed by atoms with van der Waals surface area (Å²) in [6.45, 7) is 8.47. The van der Waals surface area contributed by atoms with Gasteiger partial charge in [-0.1, -0.05) is 12.1 Å². The van der Waals surface area contributed by atoms with E-state index in [1.54, 1.807) is 19.2 Å². The van der Waals surface area contributed by atoms with Crippen molar-refractivity contribution in [2.75, 3.05) is 5.73 Å². The summed E-state index contributed by atoms with van der Waals surface area (Å²) in [7, 11) is 3.03. The number of benzene rings is 2. The van der Waals surface area contributed by atoms with Gasteiger partial charge in [-0.2, -0.15) is 5.10 Å². The Kier molecular flexibility index (Phi) is 5.66. The van der Waals surface area contributed by atoms with Crippen LogP contribution >= 0.6 is 9.03 Å². The fraction of sp³-hybridized carbons (Fsp3) is 0.0625. The van der Waals surface area contributed by atoms with E-state index >= 15 is 0 Å². The molecule has 8 nitrogen and oxygen atoms in total. The van der Waals surface area contributed by atoms with E-state index in [0.29, 0.717) is 17.2 Å². The summed E-state index contributed by atoms with van der Waals surface area (Å²) in [5, 5.41) is 19.8. The van der Waals surface area contributed by atoms with E-state index in [1.807, 2.05) is 18.2 Å². The fourth-order valence-corrected chi connectivity index (χ4v) is 2.16. The highest BCUT2D eigenvalue weighted by atomic mass is 31.0. The highest BCUT2D eigenvalue weighted by Crippen LogP contribution is 2.25. The Bertz CT molecular complexity index is 1000. The average molecular weight is 352 g/mol. The molecule has 0 bridgehead atoms. The molecule has 3 rings (SSSR count). The molecule has 0 spiro atoms. The zero-order valence-electron chi connectivity index (χ0n) is 13.2. The number of hydrogen-bond donors (Lipinski definition) is 1. The van der Waals surface area contributed by atoms with Crippen LogP contribution in [0.3, 0.4) is 0 Å². The van der Waals surface area contributed by atoms with Gasteiger partial charge in [-0.3, -0.25) is 10.1 Å². The molecule has 0 amide bonds. The van der Waals surface area contributed by atoms with Crippen molar-refractivity contribution >= 4 is 42.7 Å². The maximum Gasteiger partial charge on any atom is 0.259 e. The van der Waals surface area contributed by atoms with Crippen LogP contribution in [0.4, 0.5) is 22.9 Å². The molecule has 0 aliphatic carbocycles. The van der Waals surface area contributed by atoms with Crippen LogP contribution < -0.4 is 5.73 Å². The van der Waals surface area contributed by atoms with Crippen molar-refractivity contribution in [3.8, 4) is 0 Å². The Morgan fingerprint density at radius 3 is 2.72 bits per heavy atom. The quantitative estimate of drug-likeness (QED) is 0.238. The molecule has 1 aromatic heterocycles. The molecule has 25 heavy (non-hydrogen) atoms. The van der Waals surface area contributed by atoms with E-state index in [9.17, 15) is 10.1 Å². The van der Waals surface area contributed by atoms with Gasteiger partial charge in [0.1, 0.15) is 0 Å². The number of fused-ring (bicyclic) bond motifs is 1. The van der Waals surface area contributed by atoms with Crippen molar-refractivity contribution < 1.29 is 4.92 Å². The summed E-state index contributed by atoms with van der Waals surface area (Å²) in [4.78, 5) is 12.9. The van der Waals surface area contributed by atoms with Crippen LogP contribution in [-0.2, 0) is 0 Å². The van der Waals surface area contributed by atoms with Gasteiger partial charge in [-0.05, 0) is 33.7 Å². The minimum atomic E-state index is -0.506. The number of hydrogen-bond acceptors (Lipinski definition) is 6. The Labute approximate surface area is 145 Å². The van der Waals surface area contributed by atoms with Crippen LogP contribution in [0.5, 0.6) is 0 Å². The standard InChI is InChI=1S/C8H7N4P.C8H6N2O2/c9-6-2-1-5-4-10-11-8(12-13)7(5)3-6;1-6-3-4-7(10(11)12)5-8(6)9-2/h1-4,13H,9H2;3-5H,1H3. The second-order valence-electron chi connectivity index (χ2n) is 4.97. The Hall–Kier alpha value is -3.43. The summed E-state index contributed by atoms with van der Waals surface area (Å²) < 4.78 is 3.82. The van der Waals surface area contributed by atoms with E-state index in [-0.39, 0.29) is 5.69 Å². The number of nitrogens with zero attached hydrogens (tertiary/aromatic N) is 5. The highest BCUT2D eigenvalue weighted by molar-refractivity contribution is 7.04. The van der Waals surface area contributed by atoms with E-state index in [2.05, 4.69) is 28.8 Å². The summed E-state index contributed by atoms with van der Waals surface area (Å²) in [5.41, 5.74) is 7.39. The van der Waals surface area contributed by atoms with Crippen molar-refractivity contribution in [2.45, 2.75) is 6.92 Å². The van der Waals surface area contributed by atoms with Crippen LogP contribution in [-0.4, -0.2) is 15.1 Å². The van der Waals surface area contributed by atoms with Crippen LogP contribution in [0, 0.1) is 23.6 Å². The molecule has 124 valence electrons. The number of nitro benzene ring substituents is 1. The average Bonchev–Trinajstić information content (AvgIpc) is 2.61. The summed E-state index contributed by atoms with van der Waals surface area (Å²) in [6, 6.07) is 9.78. The van der Waals surface area contributed by atoms with Gasteiger partial charge < -0.3 is 5.73 Å². The van der Waals surface area contributed by atoms with Crippen molar-refractivity contribution in [3.05, 3.63) is 69.7 Å². The number of nitro groups is 1. The molecule has 0 radical (unpaired) electrons. The molecule has 3 aromatic rings. The predicted molar refractivity (Wildman–Crippen MR) is 98.4 cm³/mol. The monoisotopic (exact) mass is 352 g/mol. The first-order chi connectivity index (χ1) is 12.0. The normalized spacial score (nSPS) is 9.60. The van der Waals surface area contributed by atoms with Gasteiger partial charge in [0.15, 0.2) is 11.5 Å². The molecule has 0 aliphatic heterocycles. The first kappa shape index (κ1) is 17.9. The lowest BCUT2D eigenvalue weighted by molar-refractivity contribution is -0.384. The summed E-state index contributed by atoms with van der Waals surface area (Å²) in [6.07, 6.45) is 1.68. The largest absolute Gasteiger partial charge is 0.399 e. The first-order valence-corrected chi connectivity index (χ1v) is 7.42. The first-order valence-electron chi connectivity index (χ1n) is 6.97. The number of aromatic nitrogens is 2. The van der Waals surface area contributed by atoms with E-state index < -0.39 is 4.92 Å². The molecule has 0 saturated carbocycles. The predicted octanol–water partition coefficient (Wildman–Crippen LogP) is 4.62. The fourth-order valence-electron chi connectivity index (χ4n) is 1.99. The third-order valence-corrected chi connectivity index (χ3v) is 3.51. The Morgan fingerprint density at radius 1 is 1.32 bits per heavy atom. The molecule has 1 heterocycles. The van der Waals surface area contributed by atoms with Crippen molar-refractivity contribution in [3.63, 3.8) is 0 Å². The molecule has 9 heteroatoms. The maximum atomic E-state index is 10.3. The van der Waals surface area contributed by atoms with Gasteiger partial charge in [0.2, 0.25) is 0 Å². The molecule has 0 unspecified atom stereocenters. The summed E-state index contributed by atoms with van der Waals surface area (Å²) >= 11 is 0. The van der Waals surface area contributed by atoms with Crippen molar-refractivity contribution in [2.24, 2.45) is 4.74 Å². The van der Waals surface area contributed by atoms with E-state index in [4.69, 9.17) is 12.3 Å². The topological polar surface area (TPSA) is 112 Å². The van der Waals surface area contributed by atoms with Crippen molar-refractivity contribution in [1.29, 1.82) is 0 Å². The van der Waals surface area contributed by atoms with Crippen LogP contribution in [0.15, 0.2) is 47.3 Å². The Balaban J connectivity index is 0.000000181. The molecule has 0 saturated heterocycles. The molecule has 0 atom stereocenters. The van der Waals surface area contributed by atoms with Crippen LogP contribution in [0.2, 0.25) is 0 Å². The minimum absolute atomic E-state index is 0.0356. The second-order valence-corrected chi connectivity index (χ2v) is 5.19. The molecular weight excluding hydrogens is 339 g/mol. The lowest BCUT2D eigenvalue weighted by Crippen LogP contribution is -1.87. The van der Waals surface area contributed by atoms with Gasteiger partial charge >= 0.3 is 0 Å². The number of non-ortho nitro benzene ring substituents is 1. The molecule has 2 aromatic carbocycles. The zero-order chi connectivity index (χ0) is 18.4. The third kappa shape index (κ3) is 4.31. The molecule has 2 N–H and O–H groups in total. The lowest BCUT2D eigenvalue weighted by atomic mass is 10.2. The number of nitrogen functional groups attached to an aromatic ring is 1. The minimum Gasteiger partial charge on any atom is -0.399 e. The van der Waals surface area contributed by atoms with Gasteiger partial charge in [-0.25, -0.2) is 9.59 Å². The number of rotatable bonds is 2. The SMILES string of the molecule is Nc1ccc2cnnc(N=P)c2c1.[C-]#[N+]c1cc([N+](=O)[O-])ccc1C. The highest BCUT2D eigenvalue weighted by Gasteiger charge is 2.07. The van der Waals surface area contributed by atoms with Gasteiger partial charge in [0, 0.05) is 28.6 Å². The van der Waals surface area contributed by atoms with Crippen molar-refractivity contribution in [1.82, 2.24) is 10.2 Å². The van der Waals surface area contributed by atoms with Gasteiger partial charge in [0.25, 0.3) is 5.69 Å². The Morgan fingerprint density at radius 2 is 2.08 bits per heavy atom. The molecule has 0 fully saturated rings. The van der Waals surface area contributed by atoms with Crippen LogP contribution in [0.25, 0.3) is 15.6 Å². The van der Waals surface area contributed by atoms with E-state index in [0.717, 1.165) is 16.3 Å². The summed E-state index contributed by atoms with van der Waals surface area (Å²) in [5.74, 6) is 0.543. The zero-order valence-corrected chi connectivity index (χ0v) is 14.2. The number of nitrogens with two attached hydrogens (primary N) is 1. The third-order valence-electron chi connectivity index (χ3n) is 3.30. The van der Waals surface area contributed by atoms with Gasteiger partial charge in [-0.15, -0.1) is 5.10 Å². The smallest absolute Gasteiger partial charge is 0.259 e. The number of aryl methyl sites for hydroxylation is 1. The lowest BCUT2D eigenvalue weighted by Gasteiger charge is -1.99. The maximum absolute atomic E-state index is 10.3.